The van der Waals surface area contributed by atoms with E-state index in [0.29, 0.717) is 12.5 Å². The van der Waals surface area contributed by atoms with Gasteiger partial charge in [-0.2, -0.15) is 9.61 Å². The quantitative estimate of drug-likeness (QED) is 0.850. The first-order valence-corrected chi connectivity index (χ1v) is 6.08. The van der Waals surface area contributed by atoms with Gasteiger partial charge in [-0.15, -0.1) is 10.2 Å². The van der Waals surface area contributed by atoms with Crippen LogP contribution in [-0.2, 0) is 4.74 Å². The Kier molecular flexibility index (Phi) is 2.38. The van der Waals surface area contributed by atoms with E-state index in [2.05, 4.69) is 15.3 Å². The molecule has 0 amide bonds. The molecular weight excluding hydrogens is 226 g/mol. The summed E-state index contributed by atoms with van der Waals surface area (Å²) in [5.74, 6) is 1.52. The van der Waals surface area contributed by atoms with E-state index in [1.807, 2.05) is 4.52 Å². The molecule has 0 bridgehead atoms. The maximum atomic E-state index is 5.93. The van der Waals surface area contributed by atoms with Crippen LogP contribution in [0.5, 0.6) is 0 Å². The van der Waals surface area contributed by atoms with Crippen molar-refractivity contribution in [1.82, 2.24) is 19.8 Å². The van der Waals surface area contributed by atoms with Crippen LogP contribution < -0.4 is 5.73 Å². The molecule has 1 aliphatic rings. The second-order valence-corrected chi connectivity index (χ2v) is 5.02. The van der Waals surface area contributed by atoms with Gasteiger partial charge in [-0.25, -0.2) is 0 Å². The second kappa shape index (κ2) is 3.76. The standard InChI is InChI=1S/C9H13N5OS/c1-15-4-6(10)8-13-14-7(5-2-3-5)11-12-9(14)16-8/h5-6H,2-4,10H2,1H3. The summed E-state index contributed by atoms with van der Waals surface area (Å²) in [5.41, 5.74) is 5.93. The largest absolute Gasteiger partial charge is 0.383 e. The zero-order valence-electron chi connectivity index (χ0n) is 8.96. The van der Waals surface area contributed by atoms with E-state index in [1.54, 1.807) is 7.11 Å². The summed E-state index contributed by atoms with van der Waals surface area (Å²) < 4.78 is 6.84. The summed E-state index contributed by atoms with van der Waals surface area (Å²) in [7, 11) is 1.63. The predicted octanol–water partition coefficient (Wildman–Crippen LogP) is 0.709. The fraction of sp³-hybridized carbons (Fsp3) is 0.667. The Morgan fingerprint density at radius 1 is 1.56 bits per heavy atom. The Bertz CT molecular complexity index is 503. The average molecular weight is 239 g/mol. The Balaban J connectivity index is 1.96. The van der Waals surface area contributed by atoms with Crippen LogP contribution in [0, 0.1) is 0 Å². The molecule has 2 heterocycles. The van der Waals surface area contributed by atoms with Crippen LogP contribution in [0.15, 0.2) is 0 Å². The van der Waals surface area contributed by atoms with Gasteiger partial charge in [0.2, 0.25) is 4.96 Å². The van der Waals surface area contributed by atoms with Crippen molar-refractivity contribution in [2.45, 2.75) is 24.8 Å². The molecule has 3 rings (SSSR count). The maximum absolute atomic E-state index is 5.93. The van der Waals surface area contributed by atoms with Gasteiger partial charge in [0.05, 0.1) is 12.6 Å². The fourth-order valence-electron chi connectivity index (χ4n) is 1.64. The SMILES string of the molecule is COCC(N)c1nn2c(C3CC3)nnc2s1. The third-order valence-corrected chi connectivity index (χ3v) is 3.67. The number of fused-ring (bicyclic) bond motifs is 1. The van der Waals surface area contributed by atoms with Crippen molar-refractivity contribution in [3.8, 4) is 0 Å². The number of hydrogen-bond acceptors (Lipinski definition) is 6. The third kappa shape index (κ3) is 1.60. The van der Waals surface area contributed by atoms with Gasteiger partial charge in [0.1, 0.15) is 5.01 Å². The van der Waals surface area contributed by atoms with E-state index in [-0.39, 0.29) is 6.04 Å². The van der Waals surface area contributed by atoms with E-state index in [0.717, 1.165) is 15.8 Å². The minimum Gasteiger partial charge on any atom is -0.383 e. The minimum atomic E-state index is -0.177. The van der Waals surface area contributed by atoms with E-state index in [9.17, 15) is 0 Å². The highest BCUT2D eigenvalue weighted by atomic mass is 32.1. The third-order valence-electron chi connectivity index (χ3n) is 2.64. The maximum Gasteiger partial charge on any atom is 0.234 e. The Labute approximate surface area is 96.4 Å². The van der Waals surface area contributed by atoms with E-state index in [4.69, 9.17) is 10.5 Å². The topological polar surface area (TPSA) is 78.3 Å². The van der Waals surface area contributed by atoms with Crippen LogP contribution >= 0.6 is 11.3 Å². The van der Waals surface area contributed by atoms with Crippen molar-refractivity contribution < 1.29 is 4.74 Å². The van der Waals surface area contributed by atoms with Crippen LogP contribution in [0.4, 0.5) is 0 Å². The highest BCUT2D eigenvalue weighted by molar-refractivity contribution is 7.16. The lowest BCUT2D eigenvalue weighted by atomic mass is 10.4. The molecule has 1 unspecified atom stereocenters. The van der Waals surface area contributed by atoms with E-state index in [1.165, 1.54) is 24.2 Å². The highest BCUT2D eigenvalue weighted by Crippen LogP contribution is 2.39. The van der Waals surface area contributed by atoms with Gasteiger partial charge in [-0.05, 0) is 12.8 Å². The number of nitrogens with two attached hydrogens (primary N) is 1. The molecule has 0 saturated heterocycles. The Hall–Kier alpha value is -1.05. The van der Waals surface area contributed by atoms with Crippen molar-refractivity contribution in [1.29, 1.82) is 0 Å². The molecule has 86 valence electrons. The van der Waals surface area contributed by atoms with Gasteiger partial charge in [0.15, 0.2) is 5.82 Å². The van der Waals surface area contributed by atoms with Crippen molar-refractivity contribution >= 4 is 16.3 Å². The summed E-state index contributed by atoms with van der Waals surface area (Å²) in [6.07, 6.45) is 2.38. The summed E-state index contributed by atoms with van der Waals surface area (Å²) in [4.78, 5) is 0.823. The van der Waals surface area contributed by atoms with E-state index >= 15 is 0 Å². The molecule has 0 spiro atoms. The Morgan fingerprint density at radius 2 is 2.38 bits per heavy atom. The molecule has 16 heavy (non-hydrogen) atoms. The zero-order chi connectivity index (χ0) is 11.1. The monoisotopic (exact) mass is 239 g/mol. The fourth-order valence-corrected chi connectivity index (χ4v) is 2.48. The van der Waals surface area contributed by atoms with Gasteiger partial charge in [-0.3, -0.25) is 0 Å². The molecule has 0 aliphatic heterocycles. The summed E-state index contributed by atoms with van der Waals surface area (Å²) in [5, 5.41) is 13.6. The lowest BCUT2D eigenvalue weighted by Crippen LogP contribution is -2.16. The highest BCUT2D eigenvalue weighted by Gasteiger charge is 2.30. The van der Waals surface area contributed by atoms with Crippen molar-refractivity contribution in [2.75, 3.05) is 13.7 Å². The molecule has 1 atom stereocenters. The van der Waals surface area contributed by atoms with Crippen LogP contribution in [0.3, 0.4) is 0 Å². The summed E-state index contributed by atoms with van der Waals surface area (Å²) >= 11 is 1.48. The summed E-state index contributed by atoms with van der Waals surface area (Å²) in [6, 6.07) is -0.177. The first-order valence-electron chi connectivity index (χ1n) is 5.26. The molecule has 0 aromatic carbocycles. The van der Waals surface area contributed by atoms with Crippen molar-refractivity contribution in [3.63, 3.8) is 0 Å². The van der Waals surface area contributed by atoms with Gasteiger partial charge >= 0.3 is 0 Å². The lowest BCUT2D eigenvalue weighted by molar-refractivity contribution is 0.180. The van der Waals surface area contributed by atoms with Gasteiger partial charge < -0.3 is 10.5 Å². The van der Waals surface area contributed by atoms with Gasteiger partial charge in [0.25, 0.3) is 0 Å². The van der Waals surface area contributed by atoms with Gasteiger partial charge in [0, 0.05) is 13.0 Å². The predicted molar refractivity (Wildman–Crippen MR) is 59.4 cm³/mol. The number of nitrogens with zero attached hydrogens (tertiary/aromatic N) is 4. The molecule has 1 fully saturated rings. The van der Waals surface area contributed by atoms with Crippen molar-refractivity contribution in [3.05, 3.63) is 10.8 Å². The first kappa shape index (κ1) is 10.1. The smallest absolute Gasteiger partial charge is 0.234 e. The number of ether oxygens (including phenoxy) is 1. The number of hydrogen-bond donors (Lipinski definition) is 1. The molecule has 7 heteroatoms. The van der Waals surface area contributed by atoms with Crippen LogP contribution in [0.25, 0.3) is 4.96 Å². The van der Waals surface area contributed by atoms with Crippen molar-refractivity contribution in [2.24, 2.45) is 5.73 Å². The van der Waals surface area contributed by atoms with Crippen LogP contribution in [0.2, 0.25) is 0 Å². The Morgan fingerprint density at radius 3 is 3.06 bits per heavy atom. The zero-order valence-corrected chi connectivity index (χ0v) is 9.78. The van der Waals surface area contributed by atoms with Gasteiger partial charge in [-0.1, -0.05) is 11.3 Å². The molecule has 0 radical (unpaired) electrons. The molecular formula is C9H13N5OS. The number of rotatable bonds is 4. The van der Waals surface area contributed by atoms with Crippen LogP contribution in [0.1, 0.15) is 35.6 Å². The average Bonchev–Trinajstić information content (AvgIpc) is 2.89. The molecule has 1 saturated carbocycles. The minimum absolute atomic E-state index is 0.177. The normalized spacial score (nSPS) is 18.1. The number of aromatic nitrogens is 4. The first-order chi connectivity index (χ1) is 7.79. The molecule has 6 nitrogen and oxygen atoms in total. The van der Waals surface area contributed by atoms with E-state index < -0.39 is 0 Å². The molecule has 2 aromatic rings. The molecule has 2 aromatic heterocycles. The lowest BCUT2D eigenvalue weighted by Gasteiger charge is -2.04. The molecule has 1 aliphatic carbocycles. The second-order valence-electron chi connectivity index (χ2n) is 4.03. The molecule has 2 N–H and O–H groups in total. The summed E-state index contributed by atoms with van der Waals surface area (Å²) in [6.45, 7) is 0.475. The number of methoxy groups -OCH3 is 1. The van der Waals surface area contributed by atoms with Crippen LogP contribution in [-0.4, -0.2) is 33.5 Å².